The first-order chi connectivity index (χ1) is 6.04. The van der Waals surface area contributed by atoms with Crippen LogP contribution in [0.5, 0.6) is 0 Å². The van der Waals surface area contributed by atoms with Gasteiger partial charge in [0.15, 0.2) is 0 Å². The Balaban J connectivity index is 2.62. The molecule has 0 amide bonds. The summed E-state index contributed by atoms with van der Waals surface area (Å²) in [6.07, 6.45) is 0.252. The van der Waals surface area contributed by atoms with Crippen molar-refractivity contribution in [1.82, 2.24) is 5.32 Å². The van der Waals surface area contributed by atoms with E-state index in [2.05, 4.69) is 11.9 Å². The third-order valence-corrected chi connectivity index (χ3v) is 3.10. The normalized spacial score (nSPS) is 37.1. The second-order valence-electron chi connectivity index (χ2n) is 3.60. The minimum Gasteiger partial charge on any atom is -0.377 e. The van der Waals surface area contributed by atoms with Crippen LogP contribution >= 0.6 is 11.6 Å². The SMILES string of the molecule is C=C(C(C)N)C1CCNC(O)C1Cl. The van der Waals surface area contributed by atoms with E-state index in [0.29, 0.717) is 0 Å². The fourth-order valence-corrected chi connectivity index (χ4v) is 1.98. The quantitative estimate of drug-likeness (QED) is 0.452. The molecule has 0 aromatic heterocycles. The number of hydrogen-bond donors (Lipinski definition) is 3. The van der Waals surface area contributed by atoms with Crippen molar-refractivity contribution < 1.29 is 5.11 Å². The van der Waals surface area contributed by atoms with Crippen LogP contribution in [-0.4, -0.2) is 29.3 Å². The van der Waals surface area contributed by atoms with Crippen LogP contribution in [0.1, 0.15) is 13.3 Å². The van der Waals surface area contributed by atoms with Crippen molar-refractivity contribution >= 4 is 11.6 Å². The Hall–Kier alpha value is -0.0900. The van der Waals surface area contributed by atoms with Crippen molar-refractivity contribution in [3.8, 4) is 0 Å². The lowest BCUT2D eigenvalue weighted by atomic mass is 9.86. The molecule has 0 saturated carbocycles. The smallest absolute Gasteiger partial charge is 0.122 e. The van der Waals surface area contributed by atoms with E-state index in [-0.39, 0.29) is 17.3 Å². The summed E-state index contributed by atoms with van der Waals surface area (Å²) in [4.78, 5) is 0. The van der Waals surface area contributed by atoms with Crippen molar-refractivity contribution in [2.75, 3.05) is 6.54 Å². The molecule has 0 bridgehead atoms. The highest BCUT2D eigenvalue weighted by atomic mass is 35.5. The summed E-state index contributed by atoms with van der Waals surface area (Å²) in [5, 5.41) is 12.0. The Morgan fingerprint density at radius 3 is 2.92 bits per heavy atom. The first-order valence-corrected chi connectivity index (χ1v) is 4.97. The largest absolute Gasteiger partial charge is 0.377 e. The standard InChI is InChI=1S/C9H17ClN2O/c1-5(6(2)11)7-3-4-12-9(13)8(7)10/h6-9,12-13H,1,3-4,11H2,2H3. The van der Waals surface area contributed by atoms with Gasteiger partial charge in [-0.15, -0.1) is 11.6 Å². The van der Waals surface area contributed by atoms with Gasteiger partial charge in [0.1, 0.15) is 6.23 Å². The van der Waals surface area contributed by atoms with Crippen molar-refractivity contribution in [3.05, 3.63) is 12.2 Å². The van der Waals surface area contributed by atoms with Gasteiger partial charge < -0.3 is 10.8 Å². The number of halogens is 1. The topological polar surface area (TPSA) is 58.3 Å². The van der Waals surface area contributed by atoms with Crippen LogP contribution in [0.3, 0.4) is 0 Å². The third kappa shape index (κ3) is 2.44. The van der Waals surface area contributed by atoms with Gasteiger partial charge in [-0.25, -0.2) is 0 Å². The van der Waals surface area contributed by atoms with Gasteiger partial charge in [0, 0.05) is 12.0 Å². The van der Waals surface area contributed by atoms with E-state index in [1.807, 2.05) is 6.92 Å². The monoisotopic (exact) mass is 204 g/mol. The zero-order valence-electron chi connectivity index (χ0n) is 7.83. The molecule has 1 saturated heterocycles. The van der Waals surface area contributed by atoms with E-state index in [0.717, 1.165) is 18.5 Å². The van der Waals surface area contributed by atoms with Gasteiger partial charge >= 0.3 is 0 Å². The van der Waals surface area contributed by atoms with Crippen LogP contribution in [0.15, 0.2) is 12.2 Å². The molecule has 13 heavy (non-hydrogen) atoms. The molecule has 1 heterocycles. The molecular weight excluding hydrogens is 188 g/mol. The number of nitrogens with one attached hydrogen (secondary N) is 1. The maximum Gasteiger partial charge on any atom is 0.122 e. The van der Waals surface area contributed by atoms with Gasteiger partial charge in [0.2, 0.25) is 0 Å². The van der Waals surface area contributed by atoms with E-state index in [9.17, 15) is 5.11 Å². The molecule has 0 spiro atoms. The van der Waals surface area contributed by atoms with Crippen LogP contribution < -0.4 is 11.1 Å². The highest BCUT2D eigenvalue weighted by Crippen LogP contribution is 2.28. The summed E-state index contributed by atoms with van der Waals surface area (Å²) in [7, 11) is 0. The number of rotatable bonds is 2. The fourth-order valence-electron chi connectivity index (χ4n) is 1.61. The van der Waals surface area contributed by atoms with Crippen molar-refractivity contribution in [2.45, 2.75) is 31.0 Å². The molecule has 4 unspecified atom stereocenters. The maximum absolute atomic E-state index is 9.45. The van der Waals surface area contributed by atoms with Crippen LogP contribution in [0, 0.1) is 5.92 Å². The molecular formula is C9H17ClN2O. The Kier molecular flexibility index (Phi) is 3.74. The summed E-state index contributed by atoms with van der Waals surface area (Å²) in [5.41, 5.74) is 6.65. The summed E-state index contributed by atoms with van der Waals surface area (Å²) in [6, 6.07) is -0.0588. The second-order valence-corrected chi connectivity index (χ2v) is 4.11. The first-order valence-electron chi connectivity index (χ1n) is 4.54. The van der Waals surface area contributed by atoms with Gasteiger partial charge in [-0.3, -0.25) is 5.32 Å². The molecule has 4 heteroatoms. The minimum absolute atomic E-state index is 0.0588. The molecule has 1 rings (SSSR count). The van der Waals surface area contributed by atoms with Crippen LogP contribution in [-0.2, 0) is 0 Å². The lowest BCUT2D eigenvalue weighted by Crippen LogP contribution is -2.48. The molecule has 76 valence electrons. The molecule has 0 aromatic carbocycles. The maximum atomic E-state index is 9.45. The van der Waals surface area contributed by atoms with Gasteiger partial charge in [-0.2, -0.15) is 0 Å². The van der Waals surface area contributed by atoms with E-state index in [1.54, 1.807) is 0 Å². The highest BCUT2D eigenvalue weighted by molar-refractivity contribution is 6.21. The lowest BCUT2D eigenvalue weighted by molar-refractivity contribution is 0.0932. The number of nitrogens with two attached hydrogens (primary N) is 1. The summed E-state index contributed by atoms with van der Waals surface area (Å²) in [5.74, 6) is 0.123. The number of alkyl halides is 1. The third-order valence-electron chi connectivity index (χ3n) is 2.56. The van der Waals surface area contributed by atoms with E-state index < -0.39 is 6.23 Å². The summed E-state index contributed by atoms with van der Waals surface area (Å²) >= 11 is 6.04. The van der Waals surface area contributed by atoms with Crippen LogP contribution in [0.25, 0.3) is 0 Å². The van der Waals surface area contributed by atoms with Crippen LogP contribution in [0.4, 0.5) is 0 Å². The summed E-state index contributed by atoms with van der Waals surface area (Å²) < 4.78 is 0. The Morgan fingerprint density at radius 1 is 1.77 bits per heavy atom. The highest BCUT2D eigenvalue weighted by Gasteiger charge is 2.32. The first kappa shape index (κ1) is 11.0. The number of piperidine rings is 1. The van der Waals surface area contributed by atoms with Gasteiger partial charge in [0.25, 0.3) is 0 Å². The Bertz CT molecular complexity index is 196. The number of aliphatic hydroxyl groups excluding tert-OH is 1. The molecule has 0 aliphatic carbocycles. The predicted octanol–water partition coefficient (Wildman–Crippen LogP) is 0.425. The molecule has 4 N–H and O–H groups in total. The lowest BCUT2D eigenvalue weighted by Gasteiger charge is -2.34. The van der Waals surface area contributed by atoms with Crippen molar-refractivity contribution in [3.63, 3.8) is 0 Å². The zero-order chi connectivity index (χ0) is 10.0. The summed E-state index contributed by atoms with van der Waals surface area (Å²) in [6.45, 7) is 6.57. The molecule has 1 aliphatic heterocycles. The van der Waals surface area contributed by atoms with Gasteiger partial charge in [0.05, 0.1) is 5.38 Å². The minimum atomic E-state index is -0.643. The zero-order valence-corrected chi connectivity index (χ0v) is 8.59. The predicted molar refractivity (Wildman–Crippen MR) is 54.5 cm³/mol. The fraction of sp³-hybridized carbons (Fsp3) is 0.778. The van der Waals surface area contributed by atoms with Gasteiger partial charge in [-0.1, -0.05) is 12.2 Å². The average Bonchev–Trinajstić information content (AvgIpc) is 2.08. The molecule has 4 atom stereocenters. The Labute approximate surface area is 84.0 Å². The molecule has 0 radical (unpaired) electrons. The molecule has 3 nitrogen and oxygen atoms in total. The van der Waals surface area contributed by atoms with Crippen LogP contribution in [0.2, 0.25) is 0 Å². The molecule has 0 aromatic rings. The van der Waals surface area contributed by atoms with E-state index in [4.69, 9.17) is 17.3 Å². The molecule has 1 fully saturated rings. The molecule has 1 aliphatic rings. The van der Waals surface area contributed by atoms with Gasteiger partial charge in [-0.05, 0) is 19.9 Å². The average molecular weight is 205 g/mol. The second kappa shape index (κ2) is 4.42. The Morgan fingerprint density at radius 2 is 2.38 bits per heavy atom. The number of hydrogen-bond acceptors (Lipinski definition) is 3. The van der Waals surface area contributed by atoms with E-state index >= 15 is 0 Å². The van der Waals surface area contributed by atoms with Crippen molar-refractivity contribution in [1.29, 1.82) is 0 Å². The van der Waals surface area contributed by atoms with E-state index in [1.165, 1.54) is 0 Å². The van der Waals surface area contributed by atoms with Crippen molar-refractivity contribution in [2.24, 2.45) is 11.7 Å². The number of aliphatic hydroxyl groups is 1.